The molecule has 298 valence electrons. The quantitative estimate of drug-likeness (QED) is 0.0613. The van der Waals surface area contributed by atoms with Gasteiger partial charge in [-0.2, -0.15) is 8.42 Å². The summed E-state index contributed by atoms with van der Waals surface area (Å²) >= 11 is -1.21. The van der Waals surface area contributed by atoms with Crippen molar-refractivity contribution in [2.75, 3.05) is 49.4 Å². The fourth-order valence-electron chi connectivity index (χ4n) is 6.13. The van der Waals surface area contributed by atoms with E-state index in [4.69, 9.17) is 14.0 Å². The molecule has 0 fully saturated rings. The van der Waals surface area contributed by atoms with Gasteiger partial charge in [0.1, 0.15) is 12.4 Å². The molecule has 11 nitrogen and oxygen atoms in total. The highest BCUT2D eigenvalue weighted by molar-refractivity contribution is 7.90. The molecule has 0 saturated carbocycles. The van der Waals surface area contributed by atoms with Gasteiger partial charge in [-0.15, -0.1) is 0 Å². The number of fused-ring (bicyclic) bond motifs is 1. The smallest absolute Gasteiger partial charge is 0.261 e. The number of amides is 1. The van der Waals surface area contributed by atoms with Crippen LogP contribution in [-0.2, 0) is 43.1 Å². The first-order chi connectivity index (χ1) is 26.3. The van der Waals surface area contributed by atoms with Crippen molar-refractivity contribution in [3.8, 4) is 16.9 Å². The first kappa shape index (κ1) is 43.6. The third-order valence-electron chi connectivity index (χ3n) is 8.69. The van der Waals surface area contributed by atoms with Crippen LogP contribution in [0.4, 0.5) is 11.4 Å². The van der Waals surface area contributed by atoms with Crippen LogP contribution in [0.15, 0.2) is 89.7 Å². The summed E-state index contributed by atoms with van der Waals surface area (Å²) in [5.74, 6) is 1.62. The summed E-state index contributed by atoms with van der Waals surface area (Å²) in [4.78, 5) is 21.1. The van der Waals surface area contributed by atoms with Crippen LogP contribution >= 0.6 is 0 Å². The van der Waals surface area contributed by atoms with Crippen molar-refractivity contribution < 1.29 is 31.8 Å². The van der Waals surface area contributed by atoms with Crippen molar-refractivity contribution >= 4 is 44.7 Å². The summed E-state index contributed by atoms with van der Waals surface area (Å²) in [5, 5.41) is 3.10. The maximum absolute atomic E-state index is 13.7. The number of aromatic nitrogens is 2. The summed E-state index contributed by atoms with van der Waals surface area (Å²) in [7, 11) is -3.67. The number of hydrogen-bond acceptors (Lipinski definition) is 8. The summed E-state index contributed by atoms with van der Waals surface area (Å²) in [6, 6.07) is 22.1. The maximum atomic E-state index is 13.7. The van der Waals surface area contributed by atoms with Gasteiger partial charge in [-0.1, -0.05) is 52.3 Å². The third-order valence-corrected chi connectivity index (χ3v) is 10.0. The van der Waals surface area contributed by atoms with Crippen molar-refractivity contribution in [2.45, 2.75) is 77.0 Å². The topological polar surface area (TPSA) is 146 Å². The minimum absolute atomic E-state index is 0.115. The molecule has 55 heavy (non-hydrogen) atoms. The van der Waals surface area contributed by atoms with Gasteiger partial charge >= 0.3 is 0 Å². The first-order valence-electron chi connectivity index (χ1n) is 19.0. The minimum atomic E-state index is -3.67. The van der Waals surface area contributed by atoms with E-state index in [9.17, 15) is 17.8 Å². The Hall–Kier alpha value is -4.14. The van der Waals surface area contributed by atoms with Crippen LogP contribution < -0.4 is 15.0 Å². The van der Waals surface area contributed by atoms with Gasteiger partial charge in [0, 0.05) is 43.2 Å². The van der Waals surface area contributed by atoms with Crippen LogP contribution in [0.3, 0.4) is 0 Å². The number of nitrogens with zero attached hydrogens (tertiary/aromatic N) is 3. The van der Waals surface area contributed by atoms with Gasteiger partial charge in [0.05, 0.1) is 31.1 Å². The average Bonchev–Trinajstić information content (AvgIpc) is 3.57. The predicted molar refractivity (Wildman–Crippen MR) is 223 cm³/mol. The molecular weight excluding hydrogens is 737 g/mol. The molecule has 1 aliphatic rings. The number of imidazole rings is 1. The second-order valence-corrected chi connectivity index (χ2v) is 16.9. The fraction of sp³-hybridized carbons (Fsp3) is 0.429. The zero-order chi connectivity index (χ0) is 39.8. The van der Waals surface area contributed by atoms with E-state index in [2.05, 4.69) is 83.9 Å². The van der Waals surface area contributed by atoms with E-state index in [1.165, 1.54) is 0 Å². The Labute approximate surface area is 330 Å². The fourth-order valence-corrected chi connectivity index (χ4v) is 7.24. The Kier molecular flexibility index (Phi) is 17.3. The van der Waals surface area contributed by atoms with Crippen molar-refractivity contribution in [1.82, 2.24) is 9.55 Å². The Morgan fingerprint density at radius 3 is 2.38 bits per heavy atom. The number of nitrogens with one attached hydrogen (secondary N) is 1. The van der Waals surface area contributed by atoms with E-state index in [1.54, 1.807) is 12.5 Å². The second-order valence-electron chi connectivity index (χ2n) is 14.0. The summed E-state index contributed by atoms with van der Waals surface area (Å²) < 4.78 is 52.5. The Morgan fingerprint density at radius 2 is 1.71 bits per heavy atom. The highest BCUT2D eigenvalue weighted by atomic mass is 32.2. The lowest BCUT2D eigenvalue weighted by Crippen LogP contribution is -2.30. The number of hydrogen-bond donors (Lipinski definition) is 2. The van der Waals surface area contributed by atoms with Gasteiger partial charge < -0.3 is 28.8 Å². The molecule has 0 spiro atoms. The third kappa shape index (κ3) is 14.8. The Bertz CT molecular complexity index is 1920. The lowest BCUT2D eigenvalue weighted by molar-refractivity contribution is -0.112. The molecule has 13 heteroatoms. The van der Waals surface area contributed by atoms with E-state index >= 15 is 0 Å². The van der Waals surface area contributed by atoms with Crippen LogP contribution in [0, 0.1) is 5.92 Å². The zero-order valence-corrected chi connectivity index (χ0v) is 34.3. The molecule has 1 atom stereocenters. The number of carbonyl (C=O) groups excluding carboxylic acids is 1. The molecule has 3 aromatic carbocycles. The number of anilines is 2. The standard InChI is InChI=1S/C41H52N4O4S.CH4O3S/c1-5-7-22-48-23-24-49-38-15-10-32(11-16-38)33-12-19-40-35(25-33)26-34(9-8-21-44(40)28-31(3)4)41(46)43-36-13-17-39(18-14-36)50(47)29-37-27-42-30-45(37)20-6-2;1-5(2,3)4/h10-19,25-27,30-31H,5-9,20-24,28-29H2,1-4H3,(H,43,46);1H3,(H,2,3,4)/t50-;/m1./s1. The van der Waals surface area contributed by atoms with E-state index < -0.39 is 21.3 Å². The summed E-state index contributed by atoms with van der Waals surface area (Å²) in [5.41, 5.74) is 6.73. The Morgan fingerprint density at radius 1 is 1.00 bits per heavy atom. The molecule has 0 unspecified atom stereocenters. The van der Waals surface area contributed by atoms with Gasteiger partial charge in [-0.05, 0) is 114 Å². The second kappa shape index (κ2) is 21.8. The van der Waals surface area contributed by atoms with Crippen molar-refractivity contribution in [3.63, 3.8) is 0 Å². The zero-order valence-electron chi connectivity index (χ0n) is 32.7. The van der Waals surface area contributed by atoms with Gasteiger partial charge in [-0.25, -0.2) is 4.98 Å². The largest absolute Gasteiger partial charge is 0.611 e. The van der Waals surface area contributed by atoms with Gasteiger partial charge in [0.2, 0.25) is 0 Å². The van der Waals surface area contributed by atoms with Crippen LogP contribution in [0.25, 0.3) is 17.2 Å². The van der Waals surface area contributed by atoms with Crippen LogP contribution in [-0.4, -0.2) is 72.1 Å². The summed E-state index contributed by atoms with van der Waals surface area (Å²) in [6.45, 7) is 13.3. The maximum Gasteiger partial charge on any atom is 0.261 e. The van der Waals surface area contributed by atoms with E-state index in [0.717, 1.165) is 96.2 Å². The van der Waals surface area contributed by atoms with E-state index in [0.29, 0.717) is 43.2 Å². The number of unbranched alkanes of at least 4 members (excludes halogenated alkanes) is 1. The SMILES string of the molecule is CCCCOCCOc1ccc(-c2ccc3c(c2)C=C(C(=O)Nc2ccc([S@+]([O-])Cc4cncn4CCC)cc2)CCCN3CC(C)C)cc1.CS(=O)(=O)O. The molecule has 0 radical (unpaired) electrons. The lowest BCUT2D eigenvalue weighted by atomic mass is 9.96. The van der Waals surface area contributed by atoms with Crippen molar-refractivity contribution in [1.29, 1.82) is 0 Å². The van der Waals surface area contributed by atoms with Crippen molar-refractivity contribution in [2.24, 2.45) is 5.92 Å². The van der Waals surface area contributed by atoms with Crippen LogP contribution in [0.5, 0.6) is 5.75 Å². The average molecular weight is 793 g/mol. The van der Waals surface area contributed by atoms with E-state index in [-0.39, 0.29) is 5.91 Å². The monoisotopic (exact) mass is 792 g/mol. The van der Waals surface area contributed by atoms with Crippen LogP contribution in [0.1, 0.15) is 71.1 Å². The molecule has 2 N–H and O–H groups in total. The van der Waals surface area contributed by atoms with E-state index in [1.807, 2.05) is 36.4 Å². The van der Waals surface area contributed by atoms with Gasteiger partial charge in [-0.3, -0.25) is 9.35 Å². The normalized spacial score (nSPS) is 13.5. The molecular formula is C42H56N4O7S2. The molecule has 5 rings (SSSR count). The summed E-state index contributed by atoms with van der Waals surface area (Å²) in [6.07, 6.45) is 11.1. The lowest BCUT2D eigenvalue weighted by Gasteiger charge is -2.30. The highest BCUT2D eigenvalue weighted by Gasteiger charge is 2.20. The number of benzene rings is 3. The number of ether oxygens (including phenoxy) is 2. The molecule has 1 amide bonds. The first-order valence-corrected chi connectivity index (χ1v) is 22.1. The molecule has 4 aromatic rings. The number of carbonyl (C=O) groups is 1. The van der Waals surface area contributed by atoms with Gasteiger partial charge in [0.15, 0.2) is 10.6 Å². The molecule has 0 saturated heterocycles. The highest BCUT2D eigenvalue weighted by Crippen LogP contribution is 2.33. The molecule has 1 aromatic heterocycles. The number of rotatable bonds is 17. The molecule has 1 aliphatic heterocycles. The Balaban J connectivity index is 0.00000126. The van der Waals surface area contributed by atoms with Gasteiger partial charge in [0.25, 0.3) is 16.0 Å². The molecule has 2 heterocycles. The molecule has 0 aliphatic carbocycles. The number of aryl methyl sites for hydroxylation is 1. The minimum Gasteiger partial charge on any atom is -0.611 e. The molecule has 0 bridgehead atoms. The predicted octanol–water partition coefficient (Wildman–Crippen LogP) is 8.25. The van der Waals surface area contributed by atoms with Crippen LogP contribution in [0.2, 0.25) is 0 Å². The van der Waals surface area contributed by atoms with Crippen molar-refractivity contribution in [3.05, 3.63) is 96.1 Å².